The van der Waals surface area contributed by atoms with Crippen molar-refractivity contribution in [2.75, 3.05) is 11.9 Å². The third-order valence-corrected chi connectivity index (χ3v) is 2.53. The number of aliphatic hydroxyl groups excluding tert-OH is 1. The first-order valence-corrected chi connectivity index (χ1v) is 6.33. The first kappa shape index (κ1) is 14.7. The lowest BCUT2D eigenvalue weighted by Gasteiger charge is -2.04. The number of amides is 1. The lowest BCUT2D eigenvalue weighted by molar-refractivity contribution is 0.102. The van der Waals surface area contributed by atoms with Crippen LogP contribution in [0.3, 0.4) is 0 Å². The Balaban J connectivity index is 2.11. The van der Waals surface area contributed by atoms with Crippen molar-refractivity contribution in [3.63, 3.8) is 0 Å². The summed E-state index contributed by atoms with van der Waals surface area (Å²) in [6, 6.07) is 10.4. The summed E-state index contributed by atoms with van der Waals surface area (Å²) in [7, 11) is 0. The number of carbonyl (C=O) groups is 1. The van der Waals surface area contributed by atoms with E-state index in [1.54, 1.807) is 18.2 Å². The van der Waals surface area contributed by atoms with Crippen LogP contribution in [-0.4, -0.2) is 22.6 Å². The molecule has 1 aromatic carbocycles. The predicted molar refractivity (Wildman–Crippen MR) is 77.2 cm³/mol. The molecule has 106 valence electrons. The Hall–Kier alpha value is -2.71. The Labute approximate surface area is 121 Å². The van der Waals surface area contributed by atoms with Crippen LogP contribution in [0.1, 0.15) is 22.5 Å². The predicted octanol–water partition coefficient (Wildman–Crippen LogP) is 2.21. The Morgan fingerprint density at radius 2 is 2.10 bits per heavy atom. The van der Waals surface area contributed by atoms with Gasteiger partial charge in [0.05, 0.1) is 6.61 Å². The van der Waals surface area contributed by atoms with Gasteiger partial charge in [-0.1, -0.05) is 18.1 Å². The van der Waals surface area contributed by atoms with E-state index in [0.717, 1.165) is 6.07 Å². The maximum absolute atomic E-state index is 13.1. The highest BCUT2D eigenvalue weighted by Crippen LogP contribution is 2.09. The number of pyridine rings is 1. The molecule has 1 amide bonds. The SMILES string of the molecule is O=C(Nc1cccc(C#CCCO)n1)c1cccc(F)c1. The number of aromatic nitrogens is 1. The van der Waals surface area contributed by atoms with E-state index in [-0.39, 0.29) is 12.2 Å². The molecule has 0 saturated carbocycles. The fourth-order valence-corrected chi connectivity index (χ4v) is 1.60. The minimum atomic E-state index is -0.473. The van der Waals surface area contributed by atoms with Crippen molar-refractivity contribution in [1.29, 1.82) is 0 Å². The Morgan fingerprint density at radius 3 is 2.86 bits per heavy atom. The van der Waals surface area contributed by atoms with Crippen molar-refractivity contribution in [1.82, 2.24) is 4.98 Å². The van der Waals surface area contributed by atoms with Crippen LogP contribution in [0.5, 0.6) is 0 Å². The van der Waals surface area contributed by atoms with Gasteiger partial charge in [0.25, 0.3) is 5.91 Å². The van der Waals surface area contributed by atoms with Gasteiger partial charge < -0.3 is 10.4 Å². The molecule has 1 aromatic heterocycles. The third kappa shape index (κ3) is 4.41. The van der Waals surface area contributed by atoms with Crippen molar-refractivity contribution < 1.29 is 14.3 Å². The maximum atomic E-state index is 13.1. The van der Waals surface area contributed by atoms with Crippen LogP contribution in [-0.2, 0) is 0 Å². The standard InChI is InChI=1S/C16H13FN2O2/c17-13-6-3-5-12(11-13)16(21)19-15-9-4-8-14(18-15)7-1-2-10-20/h3-6,8-9,11,20H,2,10H2,(H,18,19,21). The minimum Gasteiger partial charge on any atom is -0.395 e. The molecule has 0 fully saturated rings. The second-order valence-electron chi connectivity index (χ2n) is 4.15. The quantitative estimate of drug-likeness (QED) is 0.849. The molecule has 2 aromatic rings. The average Bonchev–Trinajstić information content (AvgIpc) is 2.48. The molecule has 2 N–H and O–H groups in total. The molecule has 0 bridgehead atoms. The van der Waals surface area contributed by atoms with Gasteiger partial charge in [0.15, 0.2) is 0 Å². The maximum Gasteiger partial charge on any atom is 0.256 e. The number of rotatable bonds is 3. The molecule has 5 heteroatoms. The molecule has 21 heavy (non-hydrogen) atoms. The molecule has 4 nitrogen and oxygen atoms in total. The molecule has 0 aliphatic heterocycles. The first-order valence-electron chi connectivity index (χ1n) is 6.33. The largest absolute Gasteiger partial charge is 0.395 e. The number of halogens is 1. The number of hydrogen-bond donors (Lipinski definition) is 2. The normalized spacial score (nSPS) is 9.62. The van der Waals surface area contributed by atoms with Gasteiger partial charge in [-0.3, -0.25) is 4.79 Å². The Kier molecular flexibility index (Phi) is 5.02. The van der Waals surface area contributed by atoms with Crippen molar-refractivity contribution in [3.8, 4) is 11.8 Å². The highest BCUT2D eigenvalue weighted by molar-refractivity contribution is 6.03. The highest BCUT2D eigenvalue weighted by Gasteiger charge is 2.07. The van der Waals surface area contributed by atoms with Crippen LogP contribution in [0.25, 0.3) is 0 Å². The molecule has 0 saturated heterocycles. The number of anilines is 1. The molecular weight excluding hydrogens is 271 g/mol. The van der Waals surface area contributed by atoms with E-state index in [1.807, 2.05) is 0 Å². The molecular formula is C16H13FN2O2. The van der Waals surface area contributed by atoms with E-state index in [4.69, 9.17) is 5.11 Å². The first-order chi connectivity index (χ1) is 10.2. The van der Waals surface area contributed by atoms with Crippen LogP contribution in [0, 0.1) is 17.7 Å². The molecule has 0 aliphatic rings. The van der Waals surface area contributed by atoms with Crippen LogP contribution in [0.4, 0.5) is 10.2 Å². The molecule has 0 radical (unpaired) electrons. The molecule has 1 heterocycles. The van der Waals surface area contributed by atoms with Crippen molar-refractivity contribution in [2.45, 2.75) is 6.42 Å². The zero-order chi connectivity index (χ0) is 15.1. The monoisotopic (exact) mass is 284 g/mol. The van der Waals surface area contributed by atoms with Gasteiger partial charge in [-0.15, -0.1) is 0 Å². The van der Waals surface area contributed by atoms with Gasteiger partial charge in [0.1, 0.15) is 17.3 Å². The van der Waals surface area contributed by atoms with Gasteiger partial charge in [0, 0.05) is 12.0 Å². The van der Waals surface area contributed by atoms with E-state index in [9.17, 15) is 9.18 Å². The number of hydrogen-bond acceptors (Lipinski definition) is 3. The number of nitrogens with zero attached hydrogens (tertiary/aromatic N) is 1. The summed E-state index contributed by atoms with van der Waals surface area (Å²) in [5.74, 6) is 4.94. The number of carbonyl (C=O) groups excluding carboxylic acids is 1. The number of benzene rings is 1. The van der Waals surface area contributed by atoms with E-state index in [0.29, 0.717) is 17.9 Å². The summed E-state index contributed by atoms with van der Waals surface area (Å²) < 4.78 is 13.1. The topological polar surface area (TPSA) is 62.2 Å². The molecule has 0 aliphatic carbocycles. The van der Waals surface area contributed by atoms with Gasteiger partial charge in [0.2, 0.25) is 0 Å². The summed E-state index contributed by atoms with van der Waals surface area (Å²) in [5.41, 5.74) is 0.703. The highest BCUT2D eigenvalue weighted by atomic mass is 19.1. The van der Waals surface area contributed by atoms with Crippen LogP contribution in [0.15, 0.2) is 42.5 Å². The minimum absolute atomic E-state index is 0.0109. The third-order valence-electron chi connectivity index (χ3n) is 2.53. The second kappa shape index (κ2) is 7.17. The van der Waals surface area contributed by atoms with Crippen LogP contribution >= 0.6 is 0 Å². The summed E-state index contributed by atoms with van der Waals surface area (Å²) in [6.45, 7) is -0.0109. The van der Waals surface area contributed by atoms with Crippen molar-refractivity contribution >= 4 is 11.7 Å². The fraction of sp³-hybridized carbons (Fsp3) is 0.125. The zero-order valence-corrected chi connectivity index (χ0v) is 11.1. The Morgan fingerprint density at radius 1 is 1.29 bits per heavy atom. The van der Waals surface area contributed by atoms with E-state index >= 15 is 0 Å². The van der Waals surface area contributed by atoms with Gasteiger partial charge in [-0.05, 0) is 36.3 Å². The van der Waals surface area contributed by atoms with Crippen molar-refractivity contribution in [3.05, 3.63) is 59.5 Å². The smallest absolute Gasteiger partial charge is 0.256 e. The summed E-state index contributed by atoms with van der Waals surface area (Å²) in [4.78, 5) is 16.1. The van der Waals surface area contributed by atoms with E-state index < -0.39 is 11.7 Å². The number of aliphatic hydroxyl groups is 1. The molecule has 0 spiro atoms. The summed E-state index contributed by atoms with van der Waals surface area (Å²) in [5, 5.41) is 11.2. The Bertz CT molecular complexity index is 705. The number of nitrogens with one attached hydrogen (secondary N) is 1. The lowest BCUT2D eigenvalue weighted by Crippen LogP contribution is -2.13. The van der Waals surface area contributed by atoms with Crippen LogP contribution < -0.4 is 5.32 Å². The summed E-state index contributed by atoms with van der Waals surface area (Å²) in [6.07, 6.45) is 0.363. The summed E-state index contributed by atoms with van der Waals surface area (Å²) >= 11 is 0. The molecule has 0 unspecified atom stereocenters. The van der Waals surface area contributed by atoms with Gasteiger partial charge in [-0.25, -0.2) is 9.37 Å². The van der Waals surface area contributed by atoms with Crippen molar-refractivity contribution in [2.24, 2.45) is 0 Å². The van der Waals surface area contributed by atoms with Gasteiger partial charge >= 0.3 is 0 Å². The second-order valence-corrected chi connectivity index (χ2v) is 4.15. The molecule has 0 atom stereocenters. The molecule has 2 rings (SSSR count). The fourth-order valence-electron chi connectivity index (χ4n) is 1.60. The van der Waals surface area contributed by atoms with Gasteiger partial charge in [-0.2, -0.15) is 0 Å². The van der Waals surface area contributed by atoms with Crippen LogP contribution in [0.2, 0.25) is 0 Å². The lowest BCUT2D eigenvalue weighted by atomic mass is 10.2. The zero-order valence-electron chi connectivity index (χ0n) is 11.1. The van der Waals surface area contributed by atoms with E-state index in [1.165, 1.54) is 18.2 Å². The average molecular weight is 284 g/mol. The van der Waals surface area contributed by atoms with E-state index in [2.05, 4.69) is 22.1 Å².